The number of carbonyl (C=O) groups is 1. The van der Waals surface area contributed by atoms with E-state index >= 15 is 0 Å². The van der Waals surface area contributed by atoms with Crippen molar-refractivity contribution in [3.63, 3.8) is 0 Å². The van der Waals surface area contributed by atoms with Gasteiger partial charge >= 0.3 is 37.7 Å². The van der Waals surface area contributed by atoms with Gasteiger partial charge in [0.1, 0.15) is 0 Å². The zero-order valence-electron chi connectivity index (χ0n) is 5.87. The monoisotopic (exact) mass is 189 g/mol. The summed E-state index contributed by atoms with van der Waals surface area (Å²) in [6.45, 7) is 0. The van der Waals surface area contributed by atoms with Crippen LogP contribution >= 0.6 is 11.8 Å². The maximum Gasteiger partial charge on any atom is 2.00 e. The van der Waals surface area contributed by atoms with E-state index in [0.717, 1.165) is 0 Å². The van der Waals surface area contributed by atoms with Crippen molar-refractivity contribution >= 4 is 55.5 Å². The van der Waals surface area contributed by atoms with Crippen LogP contribution in [0.15, 0.2) is 0 Å². The summed E-state index contributed by atoms with van der Waals surface area (Å²) >= 11 is 1.50. The van der Waals surface area contributed by atoms with E-state index in [9.17, 15) is 9.90 Å². The third-order valence-electron chi connectivity index (χ3n) is 0.867. The van der Waals surface area contributed by atoms with Gasteiger partial charge in [-0.3, -0.25) is 0 Å². The van der Waals surface area contributed by atoms with Crippen molar-refractivity contribution in [2.24, 2.45) is 0 Å². The van der Waals surface area contributed by atoms with Crippen molar-refractivity contribution in [2.75, 3.05) is 12.0 Å². The molecule has 1 atom stereocenters. The van der Waals surface area contributed by atoms with Crippen LogP contribution in [0.4, 0.5) is 0 Å². The number of hydrogen-bond donors (Lipinski definition) is 1. The summed E-state index contributed by atoms with van der Waals surface area (Å²) in [5.74, 6) is -0.737. The Labute approximate surface area is 94.2 Å². The molecule has 0 fully saturated rings. The van der Waals surface area contributed by atoms with Gasteiger partial charge in [-0.05, 0) is 18.4 Å². The summed E-state index contributed by atoms with van der Waals surface area (Å²) in [6.07, 6.45) is 0.823. The van der Waals surface area contributed by atoms with Gasteiger partial charge in [0.25, 0.3) is 0 Å². The van der Waals surface area contributed by atoms with E-state index in [2.05, 4.69) is 0 Å². The van der Waals surface area contributed by atoms with Gasteiger partial charge in [-0.1, -0.05) is 0 Å². The summed E-state index contributed by atoms with van der Waals surface area (Å²) in [6, 6.07) is 0. The smallest absolute Gasteiger partial charge is 0.547 e. The second-order valence-electron chi connectivity index (χ2n) is 1.62. The summed E-state index contributed by atoms with van der Waals surface area (Å²) in [5, 5.41) is 18.4. The molecule has 0 aromatic heterocycles. The second kappa shape index (κ2) is 8.14. The Kier molecular flexibility index (Phi) is 11.1. The predicted molar refractivity (Wildman–Crippen MR) is 39.8 cm³/mol. The minimum absolute atomic E-state index is 0. The Balaban J connectivity index is 0. The van der Waals surface area contributed by atoms with Crippen LogP contribution in [0.5, 0.6) is 0 Å². The van der Waals surface area contributed by atoms with Gasteiger partial charge in [0, 0.05) is 0 Å². The maximum absolute atomic E-state index is 9.83. The minimum atomic E-state index is -1.39. The number of aliphatic hydroxyl groups is 1. The van der Waals surface area contributed by atoms with Crippen LogP contribution in [-0.2, 0) is 4.79 Å². The molecule has 0 bridgehead atoms. The van der Waals surface area contributed by atoms with Crippen LogP contribution in [0.3, 0.4) is 0 Å². The molecule has 54 valence electrons. The Morgan fingerprint density at radius 3 is 2.60 bits per heavy atom. The zero-order valence-corrected chi connectivity index (χ0v) is 8.90. The molecule has 0 saturated carbocycles. The fraction of sp³-hybridized carbons (Fsp3) is 0.800. The molecule has 1 N–H and O–H groups in total. The Hall–Kier alpha value is 1.04. The van der Waals surface area contributed by atoms with E-state index in [1.165, 1.54) is 11.8 Å². The first-order valence-electron chi connectivity index (χ1n) is 2.56. The molecule has 5 heteroatoms. The first-order valence-corrected chi connectivity index (χ1v) is 3.95. The number of carbonyl (C=O) groups excluding carboxylic acids is 1. The number of aliphatic carboxylic acids is 1. The molecule has 1 unspecified atom stereocenters. The molecule has 0 heterocycles. The SMILES string of the molecule is CSCCC(O)C(=O)[O-].[Ca+2]. The van der Waals surface area contributed by atoms with Crippen molar-refractivity contribution in [2.45, 2.75) is 12.5 Å². The number of hydrogen-bond acceptors (Lipinski definition) is 4. The molecule has 0 rings (SSSR count). The second-order valence-corrected chi connectivity index (χ2v) is 2.60. The molecule has 0 aliphatic carbocycles. The van der Waals surface area contributed by atoms with Gasteiger partial charge in [-0.2, -0.15) is 11.8 Å². The van der Waals surface area contributed by atoms with Gasteiger partial charge in [0.15, 0.2) is 0 Å². The van der Waals surface area contributed by atoms with Gasteiger partial charge in [0.2, 0.25) is 0 Å². The predicted octanol–water partition coefficient (Wildman–Crippen LogP) is -1.53. The van der Waals surface area contributed by atoms with Crippen LogP contribution < -0.4 is 5.11 Å². The molecule has 0 aliphatic heterocycles. The van der Waals surface area contributed by atoms with Crippen molar-refractivity contribution in [1.82, 2.24) is 0 Å². The first-order chi connectivity index (χ1) is 4.18. The summed E-state index contributed by atoms with van der Waals surface area (Å²) in [7, 11) is 0. The average molecular weight is 189 g/mol. The Morgan fingerprint density at radius 1 is 1.80 bits per heavy atom. The number of carboxylic acids is 1. The van der Waals surface area contributed by atoms with E-state index < -0.39 is 12.1 Å². The summed E-state index contributed by atoms with van der Waals surface area (Å²) in [4.78, 5) is 9.83. The quantitative estimate of drug-likeness (QED) is 0.545. The van der Waals surface area contributed by atoms with Crippen LogP contribution in [0.25, 0.3) is 0 Å². The van der Waals surface area contributed by atoms with Crippen molar-refractivity contribution in [3.05, 3.63) is 0 Å². The van der Waals surface area contributed by atoms with E-state index in [-0.39, 0.29) is 44.2 Å². The molecule has 0 aromatic rings. The average Bonchev–Trinajstić information content (AvgIpc) is 1.82. The molecule has 0 aliphatic rings. The van der Waals surface area contributed by atoms with Gasteiger partial charge in [-0.25, -0.2) is 0 Å². The fourth-order valence-electron chi connectivity index (χ4n) is 0.347. The van der Waals surface area contributed by atoms with Gasteiger partial charge in [-0.15, -0.1) is 0 Å². The Morgan fingerprint density at radius 2 is 2.30 bits per heavy atom. The Bertz CT molecular complexity index is 98.9. The molecular weight excluding hydrogens is 180 g/mol. The molecular formula is C5H9CaO3S+. The van der Waals surface area contributed by atoms with Crippen LogP contribution in [0.1, 0.15) is 6.42 Å². The number of aliphatic hydroxyl groups excluding tert-OH is 1. The van der Waals surface area contributed by atoms with Crippen LogP contribution in [-0.4, -0.2) is 66.9 Å². The summed E-state index contributed by atoms with van der Waals surface area (Å²) < 4.78 is 0. The molecule has 0 spiro atoms. The first kappa shape index (κ1) is 13.6. The molecule has 0 radical (unpaired) electrons. The maximum atomic E-state index is 9.83. The third-order valence-corrected chi connectivity index (χ3v) is 1.51. The van der Waals surface area contributed by atoms with E-state index in [1.807, 2.05) is 6.26 Å². The van der Waals surface area contributed by atoms with Crippen molar-refractivity contribution in [3.8, 4) is 0 Å². The number of rotatable bonds is 4. The third kappa shape index (κ3) is 7.15. The number of thioether (sulfide) groups is 1. The van der Waals surface area contributed by atoms with Gasteiger partial charge < -0.3 is 15.0 Å². The van der Waals surface area contributed by atoms with Crippen molar-refractivity contribution < 1.29 is 15.0 Å². The minimum Gasteiger partial charge on any atom is -0.547 e. The molecule has 0 saturated heterocycles. The van der Waals surface area contributed by atoms with Crippen LogP contribution in [0, 0.1) is 0 Å². The summed E-state index contributed by atoms with van der Waals surface area (Å²) in [5.41, 5.74) is 0. The fourth-order valence-corrected chi connectivity index (χ4v) is 0.806. The van der Waals surface area contributed by atoms with Crippen LogP contribution in [0.2, 0.25) is 0 Å². The van der Waals surface area contributed by atoms with Crippen molar-refractivity contribution in [1.29, 1.82) is 0 Å². The number of carboxylic acid groups (broad SMARTS) is 1. The molecule has 10 heavy (non-hydrogen) atoms. The van der Waals surface area contributed by atoms with E-state index in [4.69, 9.17) is 5.11 Å². The topological polar surface area (TPSA) is 60.4 Å². The van der Waals surface area contributed by atoms with E-state index in [1.54, 1.807) is 0 Å². The normalized spacial score (nSPS) is 11.8. The zero-order chi connectivity index (χ0) is 7.28. The molecule has 0 aromatic carbocycles. The molecule has 3 nitrogen and oxygen atoms in total. The largest absolute Gasteiger partial charge is 2.00 e. The van der Waals surface area contributed by atoms with E-state index in [0.29, 0.717) is 5.75 Å². The van der Waals surface area contributed by atoms with Gasteiger partial charge in [0.05, 0.1) is 12.1 Å². The molecule has 0 amide bonds. The standard InChI is InChI=1S/C5H10O3S.Ca/c1-9-3-2-4(6)5(7)8;/h4,6H,2-3H2,1H3,(H,7,8);/q;+2/p-1.